The molecule has 0 bridgehead atoms. The maximum absolute atomic E-state index is 5.70. The summed E-state index contributed by atoms with van der Waals surface area (Å²) in [6, 6.07) is 13.3. The number of aromatic nitrogens is 5. The molecule has 0 aliphatic rings. The van der Waals surface area contributed by atoms with Crippen LogP contribution in [0.2, 0.25) is 0 Å². The molecule has 0 radical (unpaired) electrons. The van der Waals surface area contributed by atoms with Crippen LogP contribution in [-0.4, -0.2) is 24.8 Å². The van der Waals surface area contributed by atoms with Crippen LogP contribution in [0, 0.1) is 0 Å². The molecule has 108 valence electrons. The standard InChI is InChI=1S/C15H11N5OS/c1-2-8-16-11(4-1)10-21-14-7-6-13-17-18-15(20(13)19-14)12-5-3-9-22-12/h1-9H,10H2. The molecule has 4 heterocycles. The molecule has 0 aliphatic heterocycles. The fraction of sp³-hybridized carbons (Fsp3) is 0.0667. The van der Waals surface area contributed by atoms with Crippen molar-refractivity contribution in [1.82, 2.24) is 24.8 Å². The second kappa shape index (κ2) is 5.53. The number of hydrogen-bond acceptors (Lipinski definition) is 6. The first-order valence-corrected chi connectivity index (χ1v) is 7.57. The Bertz CT molecular complexity index is 889. The van der Waals surface area contributed by atoms with E-state index in [-0.39, 0.29) is 0 Å². The normalized spacial score (nSPS) is 10.9. The maximum Gasteiger partial charge on any atom is 0.232 e. The van der Waals surface area contributed by atoms with Crippen molar-refractivity contribution < 1.29 is 4.74 Å². The van der Waals surface area contributed by atoms with Crippen molar-refractivity contribution in [3.63, 3.8) is 0 Å². The summed E-state index contributed by atoms with van der Waals surface area (Å²) in [4.78, 5) is 5.24. The number of rotatable bonds is 4. The first kappa shape index (κ1) is 12.9. The largest absolute Gasteiger partial charge is 0.470 e. The number of fused-ring (bicyclic) bond motifs is 1. The van der Waals surface area contributed by atoms with Crippen molar-refractivity contribution in [2.24, 2.45) is 0 Å². The minimum Gasteiger partial charge on any atom is -0.470 e. The summed E-state index contributed by atoms with van der Waals surface area (Å²) in [5, 5.41) is 14.8. The summed E-state index contributed by atoms with van der Waals surface area (Å²) < 4.78 is 7.39. The average Bonchev–Trinajstić information content (AvgIpc) is 3.22. The molecule has 0 unspecified atom stereocenters. The van der Waals surface area contributed by atoms with Gasteiger partial charge in [0.05, 0.1) is 10.6 Å². The quantitative estimate of drug-likeness (QED) is 0.580. The summed E-state index contributed by atoms with van der Waals surface area (Å²) in [6.07, 6.45) is 1.74. The van der Waals surface area contributed by atoms with Gasteiger partial charge in [0.15, 0.2) is 11.5 Å². The molecule has 22 heavy (non-hydrogen) atoms. The van der Waals surface area contributed by atoms with Crippen LogP contribution in [0.5, 0.6) is 5.88 Å². The van der Waals surface area contributed by atoms with Crippen molar-refractivity contribution in [3.05, 3.63) is 59.7 Å². The third kappa shape index (κ3) is 2.42. The van der Waals surface area contributed by atoms with E-state index in [4.69, 9.17) is 4.74 Å². The van der Waals surface area contributed by atoms with E-state index in [2.05, 4.69) is 20.3 Å². The van der Waals surface area contributed by atoms with Crippen LogP contribution in [0.3, 0.4) is 0 Å². The van der Waals surface area contributed by atoms with Crippen LogP contribution >= 0.6 is 11.3 Å². The molecule has 4 aromatic rings. The number of nitrogens with zero attached hydrogens (tertiary/aromatic N) is 5. The van der Waals surface area contributed by atoms with Crippen molar-refractivity contribution in [2.45, 2.75) is 6.61 Å². The number of pyridine rings is 1. The Morgan fingerprint density at radius 3 is 2.86 bits per heavy atom. The zero-order chi connectivity index (χ0) is 14.8. The smallest absolute Gasteiger partial charge is 0.232 e. The molecule has 6 nitrogen and oxygen atoms in total. The van der Waals surface area contributed by atoms with Gasteiger partial charge in [0.1, 0.15) is 6.61 Å². The Morgan fingerprint density at radius 1 is 1.05 bits per heavy atom. The summed E-state index contributed by atoms with van der Waals surface area (Å²) in [5.74, 6) is 1.23. The molecule has 0 spiro atoms. The van der Waals surface area contributed by atoms with E-state index in [9.17, 15) is 0 Å². The number of ether oxygens (including phenoxy) is 1. The second-order valence-corrected chi connectivity index (χ2v) is 5.50. The predicted octanol–water partition coefficient (Wildman–Crippen LogP) is 2.83. The van der Waals surface area contributed by atoms with E-state index in [0.717, 1.165) is 10.6 Å². The Labute approximate surface area is 130 Å². The topological polar surface area (TPSA) is 65.2 Å². The van der Waals surface area contributed by atoms with E-state index in [0.29, 0.717) is 24.0 Å². The van der Waals surface area contributed by atoms with Crippen LogP contribution < -0.4 is 4.74 Å². The van der Waals surface area contributed by atoms with Crippen molar-refractivity contribution >= 4 is 17.0 Å². The molecule has 0 amide bonds. The highest BCUT2D eigenvalue weighted by Crippen LogP contribution is 2.23. The van der Waals surface area contributed by atoms with Gasteiger partial charge >= 0.3 is 0 Å². The van der Waals surface area contributed by atoms with E-state index in [1.54, 1.807) is 28.1 Å². The van der Waals surface area contributed by atoms with Crippen LogP contribution in [0.1, 0.15) is 5.69 Å². The van der Waals surface area contributed by atoms with Gasteiger partial charge in [-0.05, 0) is 29.6 Å². The first-order chi connectivity index (χ1) is 10.9. The zero-order valence-electron chi connectivity index (χ0n) is 11.5. The minimum absolute atomic E-state index is 0.371. The predicted molar refractivity (Wildman–Crippen MR) is 82.7 cm³/mol. The lowest BCUT2D eigenvalue weighted by Gasteiger charge is -2.05. The van der Waals surface area contributed by atoms with Gasteiger partial charge in [0.2, 0.25) is 5.88 Å². The van der Waals surface area contributed by atoms with Crippen LogP contribution in [0.25, 0.3) is 16.3 Å². The number of thiophene rings is 1. The zero-order valence-corrected chi connectivity index (χ0v) is 12.3. The van der Waals surface area contributed by atoms with Crippen LogP contribution in [-0.2, 0) is 6.61 Å². The van der Waals surface area contributed by atoms with Crippen molar-refractivity contribution in [2.75, 3.05) is 0 Å². The van der Waals surface area contributed by atoms with E-state index in [1.165, 1.54) is 0 Å². The summed E-state index contributed by atoms with van der Waals surface area (Å²) in [5.41, 5.74) is 1.54. The summed E-state index contributed by atoms with van der Waals surface area (Å²) in [7, 11) is 0. The van der Waals surface area contributed by atoms with Gasteiger partial charge in [-0.3, -0.25) is 4.98 Å². The monoisotopic (exact) mass is 309 g/mol. The molecule has 0 saturated carbocycles. The highest BCUT2D eigenvalue weighted by molar-refractivity contribution is 7.13. The SMILES string of the molecule is c1ccc(COc2ccc3nnc(-c4cccs4)n3n2)nc1. The highest BCUT2D eigenvalue weighted by Gasteiger charge is 2.11. The van der Waals surface area contributed by atoms with Gasteiger partial charge < -0.3 is 4.74 Å². The summed E-state index contributed by atoms with van der Waals surface area (Å²) in [6.45, 7) is 0.371. The lowest BCUT2D eigenvalue weighted by atomic mass is 10.4. The van der Waals surface area contributed by atoms with Gasteiger partial charge in [0, 0.05) is 12.3 Å². The summed E-state index contributed by atoms with van der Waals surface area (Å²) >= 11 is 1.60. The average molecular weight is 309 g/mol. The third-order valence-corrected chi connectivity index (χ3v) is 3.94. The van der Waals surface area contributed by atoms with Gasteiger partial charge in [0.25, 0.3) is 0 Å². The Morgan fingerprint density at radius 2 is 2.05 bits per heavy atom. The molecular weight excluding hydrogens is 298 g/mol. The van der Waals surface area contributed by atoms with Crippen LogP contribution in [0.15, 0.2) is 54.0 Å². The molecule has 4 aromatic heterocycles. The lowest BCUT2D eigenvalue weighted by Crippen LogP contribution is -2.02. The molecule has 7 heteroatoms. The maximum atomic E-state index is 5.70. The lowest BCUT2D eigenvalue weighted by molar-refractivity contribution is 0.285. The first-order valence-electron chi connectivity index (χ1n) is 6.69. The minimum atomic E-state index is 0.371. The molecule has 0 fully saturated rings. The van der Waals surface area contributed by atoms with Gasteiger partial charge in [-0.25, -0.2) is 0 Å². The highest BCUT2D eigenvalue weighted by atomic mass is 32.1. The Hall–Kier alpha value is -2.80. The van der Waals surface area contributed by atoms with Crippen molar-refractivity contribution in [1.29, 1.82) is 0 Å². The van der Waals surface area contributed by atoms with Gasteiger partial charge in [-0.15, -0.1) is 26.6 Å². The van der Waals surface area contributed by atoms with E-state index in [1.807, 2.05) is 41.8 Å². The van der Waals surface area contributed by atoms with E-state index < -0.39 is 0 Å². The second-order valence-electron chi connectivity index (χ2n) is 4.55. The van der Waals surface area contributed by atoms with Gasteiger partial charge in [-0.2, -0.15) is 4.52 Å². The Balaban J connectivity index is 1.64. The third-order valence-electron chi connectivity index (χ3n) is 3.07. The van der Waals surface area contributed by atoms with Gasteiger partial charge in [-0.1, -0.05) is 12.1 Å². The van der Waals surface area contributed by atoms with Crippen molar-refractivity contribution in [3.8, 4) is 16.6 Å². The van der Waals surface area contributed by atoms with Crippen LogP contribution in [0.4, 0.5) is 0 Å². The molecule has 0 aromatic carbocycles. The molecule has 4 rings (SSSR count). The Kier molecular flexibility index (Phi) is 3.24. The molecular formula is C15H11N5OS. The number of hydrogen-bond donors (Lipinski definition) is 0. The molecule has 0 aliphatic carbocycles. The molecule has 0 atom stereocenters. The fourth-order valence-corrected chi connectivity index (χ4v) is 2.73. The van der Waals surface area contributed by atoms with E-state index >= 15 is 0 Å². The fourth-order valence-electron chi connectivity index (χ4n) is 2.04. The molecule has 0 N–H and O–H groups in total. The molecule has 0 saturated heterocycles.